The van der Waals surface area contributed by atoms with E-state index >= 15 is 0 Å². The van der Waals surface area contributed by atoms with E-state index in [1.165, 1.54) is 0 Å². The topological polar surface area (TPSA) is 96.2 Å². The molecule has 0 aromatic rings. The Hall–Kier alpha value is 0.0300. The van der Waals surface area contributed by atoms with E-state index in [0.717, 1.165) is 32.1 Å². The Morgan fingerprint density at radius 2 is 1.64 bits per heavy atom. The summed E-state index contributed by atoms with van der Waals surface area (Å²) in [5.74, 6) is -4.55. The van der Waals surface area contributed by atoms with Crippen LogP contribution in [0.1, 0.15) is 58.8 Å². The third kappa shape index (κ3) is 3.28. The molecule has 1 heterocycles. The summed E-state index contributed by atoms with van der Waals surface area (Å²) in [6, 6.07) is 0. The molecule has 1 spiro atoms. The van der Waals surface area contributed by atoms with Gasteiger partial charge in [-0.25, -0.2) is 0 Å². The van der Waals surface area contributed by atoms with Gasteiger partial charge in [0.05, 0.1) is 6.61 Å². The molecule has 130 valence electrons. The molecule has 2 rings (SSSR count). The van der Waals surface area contributed by atoms with E-state index in [4.69, 9.17) is 9.47 Å². The second kappa shape index (κ2) is 7.29. The summed E-state index contributed by atoms with van der Waals surface area (Å²) in [5, 5.41) is 30.9. The van der Waals surface area contributed by atoms with Crippen LogP contribution < -0.4 is 0 Å². The minimum Gasteiger partial charge on any atom is -0.385 e. The van der Waals surface area contributed by atoms with Gasteiger partial charge in [-0.05, 0) is 25.7 Å². The first kappa shape index (κ1) is 18.4. The maximum absolute atomic E-state index is 13.1. The lowest BCUT2D eigenvalue weighted by Gasteiger charge is -2.35. The molecule has 0 radical (unpaired) electrons. The quantitative estimate of drug-likeness (QED) is 0.644. The van der Waals surface area contributed by atoms with Crippen molar-refractivity contribution < 1.29 is 29.4 Å². The molecule has 3 N–H and O–H groups in total. The van der Waals surface area contributed by atoms with Crippen molar-refractivity contribution in [2.45, 2.75) is 88.2 Å². The van der Waals surface area contributed by atoms with Gasteiger partial charge in [-0.15, -0.1) is 0 Å². The number of hydrogen-bond donors (Lipinski definition) is 3. The Labute approximate surface area is 132 Å². The van der Waals surface area contributed by atoms with E-state index in [0.29, 0.717) is 0 Å². The number of aliphatic hydroxyl groups is 3. The first-order valence-electron chi connectivity index (χ1n) is 8.34. The first-order chi connectivity index (χ1) is 10.4. The number of hydrogen-bond acceptors (Lipinski definition) is 6. The molecular weight excluding hydrogens is 307 g/mol. The monoisotopic (exact) mass is 336 g/mol. The average molecular weight is 336 g/mol. The molecule has 0 bridgehead atoms. The molecule has 22 heavy (non-hydrogen) atoms. The molecule has 0 aromatic heterocycles. The van der Waals surface area contributed by atoms with Crippen LogP contribution >= 0.6 is 7.14 Å². The molecule has 1 aliphatic carbocycles. The predicted octanol–water partition coefficient (Wildman–Crippen LogP) is 2.20. The number of aliphatic hydroxyl groups excluding tert-OH is 3. The van der Waals surface area contributed by atoms with Gasteiger partial charge < -0.3 is 29.4 Å². The van der Waals surface area contributed by atoms with Gasteiger partial charge in [0.15, 0.2) is 12.9 Å². The van der Waals surface area contributed by atoms with Crippen LogP contribution in [0.2, 0.25) is 0 Å². The summed E-state index contributed by atoms with van der Waals surface area (Å²) in [6.45, 7) is 3.51. The molecule has 1 aliphatic heterocycles. The maximum Gasteiger partial charge on any atom is 0.171 e. The van der Waals surface area contributed by atoms with E-state index in [9.17, 15) is 19.9 Å². The first-order valence-corrected chi connectivity index (χ1v) is 10.3. The van der Waals surface area contributed by atoms with Gasteiger partial charge >= 0.3 is 0 Å². The highest BCUT2D eigenvalue weighted by Gasteiger charge is 2.52. The SMILES string of the molecule is CCC(O)P(=O)(C(O)CC)[C@H](O)[C@@H]1COC2(CCCCC2)O1. The smallest absolute Gasteiger partial charge is 0.171 e. The van der Waals surface area contributed by atoms with Crippen LogP contribution in [0, 0.1) is 0 Å². The van der Waals surface area contributed by atoms with Crippen LogP contribution in [-0.4, -0.2) is 51.4 Å². The summed E-state index contributed by atoms with van der Waals surface area (Å²) < 4.78 is 24.8. The van der Waals surface area contributed by atoms with Gasteiger partial charge in [-0.2, -0.15) is 0 Å². The molecule has 0 aromatic carbocycles. The van der Waals surface area contributed by atoms with Crippen LogP contribution in [0.4, 0.5) is 0 Å². The Bertz CT molecular complexity index is 395. The zero-order chi connectivity index (χ0) is 16.4. The molecule has 0 amide bonds. The molecule has 4 atom stereocenters. The lowest BCUT2D eigenvalue weighted by Crippen LogP contribution is -2.39. The fraction of sp³-hybridized carbons (Fsp3) is 1.00. The van der Waals surface area contributed by atoms with Crippen molar-refractivity contribution in [3.05, 3.63) is 0 Å². The Morgan fingerprint density at radius 3 is 2.14 bits per heavy atom. The van der Waals surface area contributed by atoms with Crippen LogP contribution in [0.3, 0.4) is 0 Å². The number of ether oxygens (including phenoxy) is 2. The molecule has 2 aliphatic rings. The van der Waals surface area contributed by atoms with E-state index in [-0.39, 0.29) is 19.4 Å². The molecule has 1 saturated heterocycles. The van der Waals surface area contributed by atoms with E-state index in [1.54, 1.807) is 13.8 Å². The van der Waals surface area contributed by atoms with Crippen LogP contribution in [-0.2, 0) is 14.0 Å². The molecular formula is C15H29O6P. The highest BCUT2D eigenvalue weighted by molar-refractivity contribution is 7.65. The van der Waals surface area contributed by atoms with Crippen molar-refractivity contribution in [1.29, 1.82) is 0 Å². The number of rotatable bonds is 6. The van der Waals surface area contributed by atoms with Crippen LogP contribution in [0.5, 0.6) is 0 Å². The maximum atomic E-state index is 13.1. The molecule has 6 nitrogen and oxygen atoms in total. The normalized spacial score (nSPS) is 31.6. The zero-order valence-corrected chi connectivity index (χ0v) is 14.4. The van der Waals surface area contributed by atoms with Crippen molar-refractivity contribution in [2.24, 2.45) is 0 Å². The summed E-state index contributed by atoms with van der Waals surface area (Å²) in [6.07, 6.45) is 4.37. The van der Waals surface area contributed by atoms with Gasteiger partial charge in [-0.3, -0.25) is 0 Å². The second-order valence-electron chi connectivity index (χ2n) is 6.39. The third-order valence-electron chi connectivity index (χ3n) is 4.90. The van der Waals surface area contributed by atoms with Crippen molar-refractivity contribution in [1.82, 2.24) is 0 Å². The van der Waals surface area contributed by atoms with Crippen molar-refractivity contribution in [3.63, 3.8) is 0 Å². The highest BCUT2D eigenvalue weighted by Crippen LogP contribution is 2.61. The molecule has 7 heteroatoms. The zero-order valence-electron chi connectivity index (χ0n) is 13.5. The van der Waals surface area contributed by atoms with Gasteiger partial charge in [0.2, 0.25) is 0 Å². The lowest BCUT2D eigenvalue weighted by atomic mass is 9.94. The molecule has 2 fully saturated rings. The largest absolute Gasteiger partial charge is 0.385 e. The molecule has 2 unspecified atom stereocenters. The van der Waals surface area contributed by atoms with Gasteiger partial charge in [-0.1, -0.05) is 20.3 Å². The Balaban J connectivity index is 2.14. The third-order valence-corrected chi connectivity index (χ3v) is 8.65. The van der Waals surface area contributed by atoms with E-state index in [2.05, 4.69) is 0 Å². The summed E-state index contributed by atoms with van der Waals surface area (Å²) in [7, 11) is -3.65. The fourth-order valence-electron chi connectivity index (χ4n) is 3.46. The van der Waals surface area contributed by atoms with Gasteiger partial charge in [0, 0.05) is 12.8 Å². The van der Waals surface area contributed by atoms with E-state index < -0.39 is 36.6 Å². The van der Waals surface area contributed by atoms with E-state index in [1.807, 2.05) is 0 Å². The van der Waals surface area contributed by atoms with Crippen molar-refractivity contribution >= 4 is 7.14 Å². The van der Waals surface area contributed by atoms with Crippen molar-refractivity contribution in [3.8, 4) is 0 Å². The minimum absolute atomic E-state index is 0.151. The summed E-state index contributed by atoms with van der Waals surface area (Å²) in [4.78, 5) is 0. The Kier molecular flexibility index (Phi) is 6.08. The second-order valence-corrected chi connectivity index (χ2v) is 9.64. The van der Waals surface area contributed by atoms with Crippen molar-refractivity contribution in [2.75, 3.05) is 6.61 Å². The predicted molar refractivity (Wildman–Crippen MR) is 82.8 cm³/mol. The van der Waals surface area contributed by atoms with Gasteiger partial charge in [0.25, 0.3) is 0 Å². The van der Waals surface area contributed by atoms with Crippen LogP contribution in [0.25, 0.3) is 0 Å². The summed E-state index contributed by atoms with van der Waals surface area (Å²) in [5.41, 5.74) is 0. The van der Waals surface area contributed by atoms with Gasteiger partial charge in [0.1, 0.15) is 23.6 Å². The fourth-order valence-corrected chi connectivity index (χ4v) is 6.37. The standard InChI is InChI=1S/C15H29O6P/c1-3-12(16)22(19,13(17)4-2)14(18)11-10-20-15(21-11)8-6-5-7-9-15/h11-14,16-18H,3-10H2,1-2H3/t11-,12?,13?,14-,22?/m0/s1. The summed E-state index contributed by atoms with van der Waals surface area (Å²) >= 11 is 0. The molecule has 1 saturated carbocycles. The lowest BCUT2D eigenvalue weighted by molar-refractivity contribution is -0.192. The highest BCUT2D eigenvalue weighted by atomic mass is 31.2. The minimum atomic E-state index is -3.65. The Morgan fingerprint density at radius 1 is 1.09 bits per heavy atom. The van der Waals surface area contributed by atoms with Crippen LogP contribution in [0.15, 0.2) is 0 Å². The average Bonchev–Trinajstić information content (AvgIpc) is 2.95.